The lowest BCUT2D eigenvalue weighted by Crippen LogP contribution is -2.25. The third kappa shape index (κ3) is 2.97. The number of aromatic amines is 1. The molecule has 0 aliphatic carbocycles. The third-order valence-electron chi connectivity index (χ3n) is 3.22. The van der Waals surface area contributed by atoms with Crippen LogP contribution in [0.25, 0.3) is 11.0 Å². The number of aromatic nitrogens is 2. The van der Waals surface area contributed by atoms with Crippen LogP contribution in [0, 0.1) is 0 Å². The maximum Gasteiger partial charge on any atom is 0.323 e. The molecule has 0 radical (unpaired) electrons. The van der Waals surface area contributed by atoms with Gasteiger partial charge in [-0.1, -0.05) is 0 Å². The molecule has 1 aromatic carbocycles. The predicted molar refractivity (Wildman–Crippen MR) is 76.4 cm³/mol. The number of anilines is 1. The van der Waals surface area contributed by atoms with Crippen molar-refractivity contribution in [2.45, 2.75) is 12.8 Å². The molecule has 2 heterocycles. The smallest absolute Gasteiger partial charge is 0.323 e. The number of benzene rings is 1. The highest BCUT2D eigenvalue weighted by atomic mass is 16.5. The van der Waals surface area contributed by atoms with Gasteiger partial charge in [0.1, 0.15) is 0 Å². The molecule has 1 aliphatic rings. The summed E-state index contributed by atoms with van der Waals surface area (Å²) in [6, 6.07) is 5.29. The lowest BCUT2D eigenvalue weighted by molar-refractivity contribution is 0.119. The van der Waals surface area contributed by atoms with Gasteiger partial charge in [0.2, 0.25) is 0 Å². The number of urea groups is 1. The Bertz CT molecular complexity index is 639. The molecule has 0 spiro atoms. The molecule has 0 unspecified atom stereocenters. The summed E-state index contributed by atoms with van der Waals surface area (Å²) in [5.74, 6) is 0. The molecule has 0 atom stereocenters. The molecule has 2 aromatic rings. The van der Waals surface area contributed by atoms with Crippen molar-refractivity contribution >= 4 is 22.8 Å². The summed E-state index contributed by atoms with van der Waals surface area (Å²) in [7, 11) is 0. The highest BCUT2D eigenvalue weighted by molar-refractivity contribution is 5.92. The Morgan fingerprint density at radius 3 is 3.05 bits per heavy atom. The van der Waals surface area contributed by atoms with E-state index in [1.807, 2.05) is 18.2 Å². The average Bonchev–Trinajstić information content (AvgIpc) is 2.94. The lowest BCUT2D eigenvalue weighted by Gasteiger charge is -2.14. The number of nitrogens with one attached hydrogen (secondary N) is 3. The van der Waals surface area contributed by atoms with Gasteiger partial charge in [-0.2, -0.15) is 0 Å². The van der Waals surface area contributed by atoms with Gasteiger partial charge in [0.25, 0.3) is 0 Å². The fourth-order valence-electron chi connectivity index (χ4n) is 2.13. The molecule has 0 bridgehead atoms. The minimum absolute atomic E-state index is 0.247. The van der Waals surface area contributed by atoms with E-state index in [-0.39, 0.29) is 6.03 Å². The van der Waals surface area contributed by atoms with Crippen LogP contribution in [0.3, 0.4) is 0 Å². The third-order valence-corrected chi connectivity index (χ3v) is 3.22. The van der Waals surface area contributed by atoms with E-state index in [1.54, 1.807) is 12.5 Å². The first-order chi connectivity index (χ1) is 9.81. The Labute approximate surface area is 116 Å². The molecule has 1 saturated heterocycles. The van der Waals surface area contributed by atoms with Crippen molar-refractivity contribution in [3.8, 4) is 0 Å². The Balaban J connectivity index is 1.60. The molecule has 3 rings (SSSR count). The zero-order valence-corrected chi connectivity index (χ0v) is 11.0. The van der Waals surface area contributed by atoms with Gasteiger partial charge in [-0.05, 0) is 36.6 Å². The van der Waals surface area contributed by atoms with Crippen LogP contribution in [0.4, 0.5) is 10.5 Å². The Morgan fingerprint density at radius 1 is 1.35 bits per heavy atom. The molecular formula is C14H16N4O2. The highest BCUT2D eigenvalue weighted by Gasteiger charge is 2.06. The molecule has 2 amide bonds. The lowest BCUT2D eigenvalue weighted by atomic mass is 10.1. The molecule has 1 fully saturated rings. The number of hydrogen-bond acceptors (Lipinski definition) is 3. The zero-order chi connectivity index (χ0) is 13.8. The van der Waals surface area contributed by atoms with Crippen molar-refractivity contribution in [2.24, 2.45) is 0 Å². The van der Waals surface area contributed by atoms with E-state index in [2.05, 4.69) is 20.6 Å². The van der Waals surface area contributed by atoms with E-state index in [0.29, 0.717) is 0 Å². The summed E-state index contributed by atoms with van der Waals surface area (Å²) >= 11 is 0. The number of imidazole rings is 1. The maximum absolute atomic E-state index is 11.8. The summed E-state index contributed by atoms with van der Waals surface area (Å²) in [5.41, 5.74) is 3.70. The van der Waals surface area contributed by atoms with Crippen LogP contribution < -0.4 is 10.6 Å². The summed E-state index contributed by atoms with van der Waals surface area (Å²) in [6.07, 6.45) is 5.15. The van der Waals surface area contributed by atoms with Crippen LogP contribution in [-0.4, -0.2) is 29.2 Å². The van der Waals surface area contributed by atoms with Crippen LogP contribution in [0.5, 0.6) is 0 Å². The van der Waals surface area contributed by atoms with Gasteiger partial charge in [-0.25, -0.2) is 9.78 Å². The fourth-order valence-corrected chi connectivity index (χ4v) is 2.13. The van der Waals surface area contributed by atoms with Gasteiger partial charge in [-0.15, -0.1) is 0 Å². The molecule has 0 saturated carbocycles. The first-order valence-corrected chi connectivity index (χ1v) is 6.57. The maximum atomic E-state index is 11.8. The van der Waals surface area contributed by atoms with E-state index >= 15 is 0 Å². The number of fused-ring (bicyclic) bond motifs is 1. The molecule has 104 valence electrons. The molecule has 3 N–H and O–H groups in total. The van der Waals surface area contributed by atoms with Crippen LogP contribution >= 0.6 is 0 Å². The van der Waals surface area contributed by atoms with Gasteiger partial charge >= 0.3 is 6.03 Å². The van der Waals surface area contributed by atoms with E-state index in [9.17, 15) is 4.79 Å². The van der Waals surface area contributed by atoms with Gasteiger partial charge in [0.15, 0.2) is 0 Å². The van der Waals surface area contributed by atoms with Crippen LogP contribution in [0.2, 0.25) is 0 Å². The second-order valence-electron chi connectivity index (χ2n) is 4.65. The first-order valence-electron chi connectivity index (χ1n) is 6.57. The predicted octanol–water partition coefficient (Wildman–Crippen LogP) is 2.38. The topological polar surface area (TPSA) is 79.0 Å². The van der Waals surface area contributed by atoms with E-state index in [0.717, 1.165) is 42.8 Å². The Morgan fingerprint density at radius 2 is 2.20 bits per heavy atom. The molecule has 6 nitrogen and oxygen atoms in total. The number of carbonyl (C=O) groups is 1. The number of rotatable bonds is 2. The molecular weight excluding hydrogens is 256 g/mol. The zero-order valence-electron chi connectivity index (χ0n) is 11.0. The summed E-state index contributed by atoms with van der Waals surface area (Å²) in [4.78, 5) is 18.9. The van der Waals surface area contributed by atoms with Crippen molar-refractivity contribution in [3.05, 3.63) is 36.3 Å². The highest BCUT2D eigenvalue weighted by Crippen LogP contribution is 2.15. The minimum atomic E-state index is -0.247. The minimum Gasteiger partial charge on any atom is -0.381 e. The van der Waals surface area contributed by atoms with E-state index in [1.165, 1.54) is 5.57 Å². The van der Waals surface area contributed by atoms with Gasteiger partial charge in [-0.3, -0.25) is 0 Å². The van der Waals surface area contributed by atoms with Gasteiger partial charge in [0.05, 0.1) is 30.6 Å². The summed E-state index contributed by atoms with van der Waals surface area (Å²) < 4.78 is 5.26. The quantitative estimate of drug-likeness (QED) is 0.785. The number of ether oxygens (including phenoxy) is 1. The van der Waals surface area contributed by atoms with E-state index < -0.39 is 0 Å². The van der Waals surface area contributed by atoms with Crippen molar-refractivity contribution < 1.29 is 9.53 Å². The summed E-state index contributed by atoms with van der Waals surface area (Å²) in [6.45, 7) is 1.46. The van der Waals surface area contributed by atoms with Gasteiger partial charge in [0, 0.05) is 11.9 Å². The SMILES string of the molecule is O=C(NC=C1CCOCC1)Nc1ccc2nc[nH]c2c1. The average molecular weight is 272 g/mol. The summed E-state index contributed by atoms with van der Waals surface area (Å²) in [5, 5.41) is 5.54. The number of hydrogen-bond donors (Lipinski definition) is 3. The first kappa shape index (κ1) is 12.7. The van der Waals surface area contributed by atoms with Gasteiger partial charge < -0.3 is 20.4 Å². The Hall–Kier alpha value is -2.34. The molecule has 20 heavy (non-hydrogen) atoms. The molecule has 6 heteroatoms. The van der Waals surface area contributed by atoms with Crippen molar-refractivity contribution in [2.75, 3.05) is 18.5 Å². The second kappa shape index (κ2) is 5.75. The molecule has 1 aliphatic heterocycles. The number of nitrogens with zero attached hydrogens (tertiary/aromatic N) is 1. The second-order valence-corrected chi connectivity index (χ2v) is 4.65. The molecule has 1 aromatic heterocycles. The van der Waals surface area contributed by atoms with Crippen LogP contribution in [-0.2, 0) is 4.74 Å². The normalized spacial score (nSPS) is 15.1. The van der Waals surface area contributed by atoms with Crippen molar-refractivity contribution in [1.82, 2.24) is 15.3 Å². The van der Waals surface area contributed by atoms with Crippen molar-refractivity contribution in [1.29, 1.82) is 0 Å². The van der Waals surface area contributed by atoms with Crippen molar-refractivity contribution in [3.63, 3.8) is 0 Å². The van der Waals surface area contributed by atoms with Crippen LogP contribution in [0.15, 0.2) is 36.3 Å². The standard InChI is InChI=1S/C14H16N4O2/c19-14(15-8-10-3-5-20-6-4-10)18-11-1-2-12-13(7-11)17-9-16-12/h1-2,7-9H,3-6H2,(H,16,17)(H2,15,18,19). The Kier molecular flexibility index (Phi) is 3.64. The number of amides is 2. The van der Waals surface area contributed by atoms with Crippen LogP contribution in [0.1, 0.15) is 12.8 Å². The largest absolute Gasteiger partial charge is 0.381 e. The number of H-pyrrole nitrogens is 1. The fraction of sp³-hybridized carbons (Fsp3) is 0.286. The number of carbonyl (C=O) groups excluding carboxylic acids is 1. The van der Waals surface area contributed by atoms with E-state index in [4.69, 9.17) is 4.74 Å². The monoisotopic (exact) mass is 272 g/mol.